The number of hydrogen-bond donors (Lipinski definition) is 2. The molecule has 0 bridgehead atoms. The third kappa shape index (κ3) is 12.6. The number of nitrogens with zero attached hydrogens (tertiary/aromatic N) is 8. The van der Waals surface area contributed by atoms with Gasteiger partial charge in [-0.25, -0.2) is 18.7 Å². The number of aromatic nitrogens is 6. The number of aliphatic carboxylic acids is 1. The summed E-state index contributed by atoms with van der Waals surface area (Å²) in [6.07, 6.45) is 5.94. The van der Waals surface area contributed by atoms with Gasteiger partial charge in [-0.2, -0.15) is 0 Å². The Morgan fingerprint density at radius 3 is 1.59 bits per heavy atom. The van der Waals surface area contributed by atoms with Gasteiger partial charge in [-0.1, -0.05) is 17.7 Å². The quantitative estimate of drug-likeness (QED) is 0.101. The van der Waals surface area contributed by atoms with Crippen LogP contribution in [-0.4, -0.2) is 113 Å². The van der Waals surface area contributed by atoms with E-state index in [4.69, 9.17) is 18.9 Å². The molecule has 3 fully saturated rings. The Balaban J connectivity index is 0.000000178. The van der Waals surface area contributed by atoms with E-state index in [1.807, 2.05) is 6.92 Å². The summed E-state index contributed by atoms with van der Waals surface area (Å²) in [5, 5.41) is 29.2. The first-order chi connectivity index (χ1) is 36.1. The second kappa shape index (κ2) is 24.3. The average Bonchev–Trinajstić information content (AvgIpc) is 4.13. The molecule has 4 aromatic heterocycles. The van der Waals surface area contributed by atoms with Gasteiger partial charge in [-0.3, -0.25) is 37.9 Å². The van der Waals surface area contributed by atoms with Crippen LogP contribution in [0, 0.1) is 25.5 Å². The van der Waals surface area contributed by atoms with E-state index in [0.29, 0.717) is 91.7 Å². The molecule has 6 aromatic rings. The molecule has 0 spiro atoms. The largest absolute Gasteiger partial charge is 0.481 e. The van der Waals surface area contributed by atoms with E-state index in [9.17, 15) is 42.7 Å². The van der Waals surface area contributed by atoms with Crippen LogP contribution in [0.1, 0.15) is 148 Å². The number of halogens is 2. The van der Waals surface area contributed by atoms with Crippen LogP contribution in [0.2, 0.25) is 0 Å². The molecule has 0 aliphatic carbocycles. The fourth-order valence-electron chi connectivity index (χ4n) is 10.8. The van der Waals surface area contributed by atoms with Gasteiger partial charge in [0.15, 0.2) is 23.1 Å². The third-order valence-electron chi connectivity index (χ3n) is 14.8. The van der Waals surface area contributed by atoms with Crippen LogP contribution in [0.15, 0.2) is 55.0 Å². The van der Waals surface area contributed by atoms with E-state index in [-0.39, 0.29) is 48.9 Å². The molecule has 20 nitrogen and oxygen atoms in total. The number of fused-ring (bicyclic) bond motifs is 4. The number of cyclic esters (lactones) is 2. The first-order valence-corrected chi connectivity index (χ1v) is 25.7. The van der Waals surface area contributed by atoms with Crippen molar-refractivity contribution in [1.29, 1.82) is 0 Å². The maximum Gasteiger partial charge on any atom is 0.317 e. The minimum Gasteiger partial charge on any atom is -0.481 e. The number of piperidine rings is 2. The molecule has 3 saturated heterocycles. The highest BCUT2D eigenvalue weighted by Crippen LogP contribution is 2.35. The monoisotopic (exact) mass is 1050 g/mol. The number of benzene rings is 2. The van der Waals surface area contributed by atoms with Crippen LogP contribution in [0.4, 0.5) is 8.78 Å². The van der Waals surface area contributed by atoms with Gasteiger partial charge < -0.3 is 38.5 Å². The van der Waals surface area contributed by atoms with Gasteiger partial charge in [0.25, 0.3) is 11.1 Å². The lowest BCUT2D eigenvalue weighted by Crippen LogP contribution is -2.38. The number of carboxylic acids is 1. The van der Waals surface area contributed by atoms with Gasteiger partial charge in [0.1, 0.15) is 30.0 Å². The smallest absolute Gasteiger partial charge is 0.317 e. The summed E-state index contributed by atoms with van der Waals surface area (Å²) >= 11 is 0. The zero-order valence-electron chi connectivity index (χ0n) is 41.9. The van der Waals surface area contributed by atoms with Gasteiger partial charge in [0.2, 0.25) is 0 Å². The topological polar surface area (TPSA) is 256 Å². The molecule has 5 aliphatic heterocycles. The number of rotatable bonds is 11. The number of carbonyl (C=O) groups is 4. The number of carboxylic acid groups (broad SMARTS) is 1. The van der Waals surface area contributed by atoms with Crippen molar-refractivity contribution in [2.45, 2.75) is 142 Å². The molecule has 2 N–H and O–H groups in total. The summed E-state index contributed by atoms with van der Waals surface area (Å²) in [6.45, 7) is 9.81. The molecular weight excluding hydrogens is 991 g/mol. The molecule has 0 saturated carbocycles. The van der Waals surface area contributed by atoms with Crippen molar-refractivity contribution in [3.8, 4) is 0 Å². The number of aliphatic hydroxyl groups is 1. The molecule has 9 heterocycles. The van der Waals surface area contributed by atoms with E-state index in [1.54, 1.807) is 28.2 Å². The molecule has 406 valence electrons. The summed E-state index contributed by atoms with van der Waals surface area (Å²) in [5.74, 6) is -2.12. The molecule has 11 rings (SSSR count). The van der Waals surface area contributed by atoms with Crippen molar-refractivity contribution in [3.05, 3.63) is 114 Å². The van der Waals surface area contributed by atoms with Crippen LogP contribution < -0.4 is 11.1 Å². The summed E-state index contributed by atoms with van der Waals surface area (Å²) in [6, 6.07) is 9.08. The average molecular weight is 1060 g/mol. The van der Waals surface area contributed by atoms with Crippen LogP contribution in [0.25, 0.3) is 21.9 Å². The molecule has 2 atom stereocenters. The number of hydrogen-bond acceptors (Lipinski definition) is 17. The maximum absolute atomic E-state index is 13.5. The minimum atomic E-state index is -1.26. The number of carbonyl (C=O) groups excluding carboxylic acids is 3. The number of ether oxygens (including phenoxy) is 2. The van der Waals surface area contributed by atoms with Crippen molar-refractivity contribution < 1.29 is 56.7 Å². The Morgan fingerprint density at radius 1 is 0.671 bits per heavy atom. The highest BCUT2D eigenvalue weighted by molar-refractivity contribution is 5.92. The summed E-state index contributed by atoms with van der Waals surface area (Å²) in [7, 11) is 0. The Morgan fingerprint density at radius 2 is 1.13 bits per heavy atom. The van der Waals surface area contributed by atoms with Crippen molar-refractivity contribution >= 4 is 45.8 Å². The second-order valence-electron chi connectivity index (χ2n) is 19.8. The van der Waals surface area contributed by atoms with Gasteiger partial charge in [-0.05, 0) is 129 Å². The van der Waals surface area contributed by atoms with Crippen LogP contribution in [-0.2, 0) is 54.6 Å². The Labute approximate surface area is 435 Å². The lowest BCUT2D eigenvalue weighted by molar-refractivity contribution is -0.157. The van der Waals surface area contributed by atoms with Crippen LogP contribution >= 0.6 is 0 Å². The summed E-state index contributed by atoms with van der Waals surface area (Å²) in [5.41, 5.74) is 5.36. The van der Waals surface area contributed by atoms with Crippen LogP contribution in [0.5, 0.6) is 0 Å². The van der Waals surface area contributed by atoms with E-state index in [1.165, 1.54) is 24.3 Å². The maximum atomic E-state index is 13.5. The van der Waals surface area contributed by atoms with Crippen LogP contribution in [0.3, 0.4) is 0 Å². The fraction of sp³-hybridized carbons (Fsp3) is 0.519. The molecular formula is C54H64F2N8O12. The van der Waals surface area contributed by atoms with Crippen molar-refractivity contribution in [1.82, 2.24) is 39.2 Å². The molecule has 76 heavy (non-hydrogen) atoms. The van der Waals surface area contributed by atoms with E-state index in [0.717, 1.165) is 98.2 Å². The minimum absolute atomic E-state index is 0. The van der Waals surface area contributed by atoms with E-state index < -0.39 is 42.5 Å². The molecule has 2 unspecified atom stereocenters. The van der Waals surface area contributed by atoms with Gasteiger partial charge >= 0.3 is 23.9 Å². The van der Waals surface area contributed by atoms with Gasteiger partial charge in [-0.15, -0.1) is 0 Å². The second-order valence-corrected chi connectivity index (χ2v) is 19.8. The van der Waals surface area contributed by atoms with Crippen molar-refractivity contribution in [2.24, 2.45) is 0 Å². The van der Waals surface area contributed by atoms with E-state index >= 15 is 0 Å². The van der Waals surface area contributed by atoms with Crippen molar-refractivity contribution in [2.75, 3.05) is 39.3 Å². The Bertz CT molecular complexity index is 3210. The fourth-order valence-corrected chi connectivity index (χ4v) is 10.8. The molecule has 22 heteroatoms. The number of likely N-dealkylation sites (tertiary alicyclic amines) is 2. The number of aliphatic hydroxyl groups excluding tert-OH is 1. The first kappa shape index (κ1) is 55.2. The number of esters is 3. The molecule has 2 aromatic carbocycles. The normalized spacial score (nSPS) is 19.2. The van der Waals surface area contributed by atoms with Gasteiger partial charge in [0, 0.05) is 83.4 Å². The Hall–Kier alpha value is -7.04. The predicted octanol–water partition coefficient (Wildman–Crippen LogP) is 6.67. The lowest BCUT2D eigenvalue weighted by Gasteiger charge is -2.31. The summed E-state index contributed by atoms with van der Waals surface area (Å²) < 4.78 is 50.1. The van der Waals surface area contributed by atoms with E-state index in [2.05, 4.69) is 34.8 Å². The molecule has 5 aliphatic rings. The molecule has 0 amide bonds. The first-order valence-electron chi connectivity index (χ1n) is 25.7. The Kier molecular flexibility index (Phi) is 17.7. The van der Waals surface area contributed by atoms with Crippen molar-refractivity contribution in [3.63, 3.8) is 0 Å². The zero-order valence-corrected chi connectivity index (χ0v) is 41.9. The third-order valence-corrected chi connectivity index (χ3v) is 14.8. The standard InChI is InChI=1S/C26H29FN4O6.C23H27FN4O3.C4H4O3.CH4/c1-15-18(26(35)31-9-2-3-20(25(31)28-15)36-23(34)14-22(32)33)8-12-30-10-6-16(7-11-30)24-19-5-4-17(27)13-21(19)37-29-24;1-14-17(23(30)28-9-2-3-19(29)22(28)25-14)8-12-27-10-6-15(7-11-27)21-18-5-4-16(24)13-20(18)31-26-21;5-3-1-2-4(6)7-3;/h4-5,13,16,20H,2-3,6-12,14H2,1H3,(H,32,33);4-5,13,15,19,29H,2-3,6-12H2,1H3;1-2H2;1H4. The lowest BCUT2D eigenvalue weighted by atomic mass is 9.91. The van der Waals surface area contributed by atoms with Gasteiger partial charge in [0.05, 0.1) is 24.2 Å². The number of aryl methyl sites for hydroxylation is 2. The SMILES string of the molecule is C.Cc1nc2n(c(=O)c1CCN1CCC(c3noc4cc(F)ccc34)CC1)CCCC2O.Cc1nc2n(c(=O)c1CCN1CCC(c3noc4cc(F)ccc34)CC1)CCCC2OC(=O)CC(=O)O.O=C1CCC(=O)O1. The highest BCUT2D eigenvalue weighted by atomic mass is 19.1. The summed E-state index contributed by atoms with van der Waals surface area (Å²) in [4.78, 5) is 82.8. The highest BCUT2D eigenvalue weighted by Gasteiger charge is 2.31. The molecule has 0 radical (unpaired) electrons. The zero-order chi connectivity index (χ0) is 52.9. The predicted molar refractivity (Wildman–Crippen MR) is 270 cm³/mol.